The van der Waals surface area contributed by atoms with Gasteiger partial charge >= 0.3 is 0 Å². The Morgan fingerprint density at radius 2 is 1.89 bits per heavy atom. The standard InChI is InChI=1S/C10H8BrFN4O2S/c11-7-1-8(12)10(2-9(7)13)19(17,18)16-6-3-14-5-15-4-6/h1-5,16H,13H2. The van der Waals surface area contributed by atoms with Crippen molar-refractivity contribution < 1.29 is 12.8 Å². The van der Waals surface area contributed by atoms with Crippen molar-refractivity contribution in [1.29, 1.82) is 0 Å². The lowest BCUT2D eigenvalue weighted by molar-refractivity contribution is 0.570. The maximum absolute atomic E-state index is 13.7. The molecule has 0 bridgehead atoms. The number of rotatable bonds is 3. The number of anilines is 2. The molecule has 1 aromatic heterocycles. The quantitative estimate of drug-likeness (QED) is 0.825. The van der Waals surface area contributed by atoms with E-state index in [1.807, 2.05) is 0 Å². The molecule has 0 atom stereocenters. The van der Waals surface area contributed by atoms with Gasteiger partial charge in [-0.05, 0) is 28.1 Å². The minimum Gasteiger partial charge on any atom is -0.398 e. The number of nitrogen functional groups attached to an aromatic ring is 1. The Kier molecular flexibility index (Phi) is 3.67. The molecular formula is C10H8BrFN4O2S. The highest BCUT2D eigenvalue weighted by Crippen LogP contribution is 2.27. The Bertz CT molecular complexity index is 709. The third kappa shape index (κ3) is 2.99. The predicted octanol–water partition coefficient (Wildman–Crippen LogP) is 1.76. The molecule has 1 heterocycles. The monoisotopic (exact) mass is 346 g/mol. The summed E-state index contributed by atoms with van der Waals surface area (Å²) in [6.45, 7) is 0. The van der Waals surface area contributed by atoms with Crippen LogP contribution in [0.4, 0.5) is 15.8 Å². The summed E-state index contributed by atoms with van der Waals surface area (Å²) in [6, 6.07) is 2.02. The number of aromatic nitrogens is 2. The topological polar surface area (TPSA) is 98.0 Å². The van der Waals surface area contributed by atoms with E-state index in [-0.39, 0.29) is 15.8 Å². The summed E-state index contributed by atoms with van der Waals surface area (Å²) in [5.74, 6) is -0.912. The lowest BCUT2D eigenvalue weighted by atomic mass is 10.3. The Morgan fingerprint density at radius 3 is 2.53 bits per heavy atom. The summed E-state index contributed by atoms with van der Waals surface area (Å²) in [5.41, 5.74) is 5.79. The van der Waals surface area contributed by atoms with Crippen LogP contribution in [0, 0.1) is 5.82 Å². The Balaban J connectivity index is 2.43. The highest BCUT2D eigenvalue weighted by atomic mass is 79.9. The number of halogens is 2. The number of nitrogens with one attached hydrogen (secondary N) is 1. The van der Waals surface area contributed by atoms with Crippen molar-refractivity contribution in [2.45, 2.75) is 4.90 Å². The number of benzene rings is 1. The summed E-state index contributed by atoms with van der Waals surface area (Å²) in [5, 5.41) is 0. The number of sulfonamides is 1. The lowest BCUT2D eigenvalue weighted by Gasteiger charge is -2.09. The fourth-order valence-electron chi connectivity index (χ4n) is 1.31. The first-order valence-electron chi connectivity index (χ1n) is 4.92. The van der Waals surface area contributed by atoms with Crippen LogP contribution in [0.25, 0.3) is 0 Å². The van der Waals surface area contributed by atoms with Crippen LogP contribution in [0.3, 0.4) is 0 Å². The van der Waals surface area contributed by atoms with E-state index in [0.29, 0.717) is 0 Å². The first-order chi connectivity index (χ1) is 8.90. The zero-order chi connectivity index (χ0) is 14.0. The lowest BCUT2D eigenvalue weighted by Crippen LogP contribution is -2.15. The van der Waals surface area contributed by atoms with E-state index in [0.717, 1.165) is 12.1 Å². The fourth-order valence-corrected chi connectivity index (χ4v) is 2.75. The average molecular weight is 347 g/mol. The first-order valence-corrected chi connectivity index (χ1v) is 7.20. The molecule has 0 unspecified atom stereocenters. The molecule has 19 heavy (non-hydrogen) atoms. The van der Waals surface area contributed by atoms with Gasteiger partial charge in [-0.2, -0.15) is 0 Å². The van der Waals surface area contributed by atoms with Crippen molar-refractivity contribution in [3.8, 4) is 0 Å². The summed E-state index contributed by atoms with van der Waals surface area (Å²) in [4.78, 5) is 6.76. The second kappa shape index (κ2) is 5.10. The Labute approximate surface area is 117 Å². The zero-order valence-electron chi connectivity index (χ0n) is 9.34. The van der Waals surface area contributed by atoms with Gasteiger partial charge in [0.25, 0.3) is 10.0 Å². The smallest absolute Gasteiger partial charge is 0.264 e. The van der Waals surface area contributed by atoms with E-state index in [2.05, 4.69) is 30.6 Å². The van der Waals surface area contributed by atoms with Crippen molar-refractivity contribution >= 4 is 37.3 Å². The highest BCUT2D eigenvalue weighted by molar-refractivity contribution is 9.10. The minimum atomic E-state index is -4.09. The maximum Gasteiger partial charge on any atom is 0.264 e. The van der Waals surface area contributed by atoms with Crippen LogP contribution in [0.2, 0.25) is 0 Å². The largest absolute Gasteiger partial charge is 0.398 e. The maximum atomic E-state index is 13.7. The molecule has 0 spiro atoms. The molecule has 6 nitrogen and oxygen atoms in total. The second-order valence-corrected chi connectivity index (χ2v) is 6.04. The molecule has 0 aliphatic rings. The second-order valence-electron chi connectivity index (χ2n) is 3.54. The van der Waals surface area contributed by atoms with Gasteiger partial charge < -0.3 is 5.73 Å². The van der Waals surface area contributed by atoms with Crippen molar-refractivity contribution in [3.63, 3.8) is 0 Å². The molecule has 100 valence electrons. The summed E-state index contributed by atoms with van der Waals surface area (Å²) < 4.78 is 40.2. The molecule has 0 fully saturated rings. The number of nitrogens with zero attached hydrogens (tertiary/aromatic N) is 2. The van der Waals surface area contributed by atoms with Crippen LogP contribution >= 0.6 is 15.9 Å². The molecular weight excluding hydrogens is 339 g/mol. The van der Waals surface area contributed by atoms with Crippen LogP contribution in [0.15, 0.2) is 40.2 Å². The molecule has 3 N–H and O–H groups in total. The molecule has 2 aromatic rings. The van der Waals surface area contributed by atoms with Crippen molar-refractivity contribution in [2.24, 2.45) is 0 Å². The van der Waals surface area contributed by atoms with Crippen LogP contribution in [-0.4, -0.2) is 18.4 Å². The summed E-state index contributed by atoms with van der Waals surface area (Å²) >= 11 is 3.01. The van der Waals surface area contributed by atoms with Crippen LogP contribution < -0.4 is 10.5 Å². The summed E-state index contributed by atoms with van der Waals surface area (Å²) in [7, 11) is -4.09. The van der Waals surface area contributed by atoms with Gasteiger partial charge in [0.2, 0.25) is 0 Å². The summed E-state index contributed by atoms with van der Waals surface area (Å²) in [6.07, 6.45) is 3.76. The third-order valence-corrected chi connectivity index (χ3v) is 4.24. The molecule has 0 amide bonds. The van der Waals surface area contributed by atoms with Crippen molar-refractivity contribution in [1.82, 2.24) is 9.97 Å². The van der Waals surface area contributed by atoms with E-state index in [4.69, 9.17) is 5.73 Å². The van der Waals surface area contributed by atoms with Gasteiger partial charge in [0.05, 0.1) is 18.1 Å². The number of nitrogens with two attached hydrogens (primary N) is 1. The van der Waals surface area contributed by atoms with Crippen molar-refractivity contribution in [2.75, 3.05) is 10.5 Å². The molecule has 0 aliphatic heterocycles. The molecule has 2 rings (SSSR count). The van der Waals surface area contributed by atoms with Gasteiger partial charge in [0, 0.05) is 10.2 Å². The number of hydrogen-bond donors (Lipinski definition) is 2. The van der Waals surface area contributed by atoms with Gasteiger partial charge in [-0.25, -0.2) is 22.8 Å². The molecule has 0 radical (unpaired) electrons. The normalized spacial score (nSPS) is 11.3. The third-order valence-electron chi connectivity index (χ3n) is 2.15. The predicted molar refractivity (Wildman–Crippen MR) is 71.4 cm³/mol. The van der Waals surface area contributed by atoms with E-state index in [9.17, 15) is 12.8 Å². The van der Waals surface area contributed by atoms with Gasteiger partial charge in [0.1, 0.15) is 17.0 Å². The van der Waals surface area contributed by atoms with Crippen LogP contribution in [0.5, 0.6) is 0 Å². The molecule has 1 aromatic carbocycles. The number of hydrogen-bond acceptors (Lipinski definition) is 5. The molecule has 0 aliphatic carbocycles. The van der Waals surface area contributed by atoms with E-state index >= 15 is 0 Å². The Hall–Kier alpha value is -1.74. The zero-order valence-corrected chi connectivity index (χ0v) is 11.7. The molecule has 0 saturated carbocycles. The van der Waals surface area contributed by atoms with E-state index in [1.165, 1.54) is 18.7 Å². The molecule has 9 heteroatoms. The van der Waals surface area contributed by atoms with E-state index < -0.39 is 20.7 Å². The average Bonchev–Trinajstić information content (AvgIpc) is 2.34. The van der Waals surface area contributed by atoms with Crippen molar-refractivity contribution in [3.05, 3.63) is 41.1 Å². The Morgan fingerprint density at radius 1 is 1.26 bits per heavy atom. The molecule has 0 saturated heterocycles. The van der Waals surface area contributed by atoms with Gasteiger partial charge in [-0.15, -0.1) is 0 Å². The minimum absolute atomic E-state index is 0.117. The highest BCUT2D eigenvalue weighted by Gasteiger charge is 2.21. The first kappa shape index (κ1) is 13.7. The van der Waals surface area contributed by atoms with Gasteiger partial charge in [0.15, 0.2) is 0 Å². The fraction of sp³-hybridized carbons (Fsp3) is 0. The SMILES string of the molecule is Nc1cc(S(=O)(=O)Nc2cncnc2)c(F)cc1Br. The van der Waals surface area contributed by atoms with E-state index in [1.54, 1.807) is 0 Å². The van der Waals surface area contributed by atoms with Gasteiger partial charge in [-0.1, -0.05) is 0 Å². The van der Waals surface area contributed by atoms with Crippen LogP contribution in [-0.2, 0) is 10.0 Å². The van der Waals surface area contributed by atoms with Crippen LogP contribution in [0.1, 0.15) is 0 Å². The van der Waals surface area contributed by atoms with Gasteiger partial charge in [-0.3, -0.25) is 4.72 Å².